The minimum absolute atomic E-state index is 0.110. The lowest BCUT2D eigenvalue weighted by molar-refractivity contribution is -0.116. The Morgan fingerprint density at radius 1 is 0.861 bits per heavy atom. The maximum Gasteiger partial charge on any atom is 0.254 e. The molecule has 0 radical (unpaired) electrons. The predicted molar refractivity (Wildman–Crippen MR) is 142 cm³/mol. The van der Waals surface area contributed by atoms with Crippen molar-refractivity contribution in [3.8, 4) is 17.2 Å². The maximum atomic E-state index is 13.6. The molecule has 0 aliphatic carbocycles. The Balaban J connectivity index is 1.66. The van der Waals surface area contributed by atoms with Gasteiger partial charge >= 0.3 is 0 Å². The number of ether oxygens (including phenoxy) is 3. The van der Waals surface area contributed by atoms with Crippen molar-refractivity contribution in [2.24, 2.45) is 0 Å². The number of amides is 1. The second-order valence-electron chi connectivity index (χ2n) is 8.59. The van der Waals surface area contributed by atoms with Gasteiger partial charge in [-0.2, -0.15) is 0 Å². The number of carbonyl (C=O) groups is 1. The van der Waals surface area contributed by atoms with Crippen molar-refractivity contribution in [3.05, 3.63) is 93.8 Å². The fourth-order valence-electron chi connectivity index (χ4n) is 4.26. The fourth-order valence-corrected chi connectivity index (χ4v) is 4.26. The summed E-state index contributed by atoms with van der Waals surface area (Å²) < 4.78 is 17.6. The van der Waals surface area contributed by atoms with E-state index in [1.165, 1.54) is 4.57 Å². The molecule has 0 saturated carbocycles. The second kappa shape index (κ2) is 11.0. The molecule has 4 rings (SSSR count). The summed E-state index contributed by atoms with van der Waals surface area (Å²) in [6.45, 7) is 1.85. The van der Waals surface area contributed by atoms with Crippen molar-refractivity contribution < 1.29 is 19.0 Å². The molecule has 186 valence electrons. The minimum atomic E-state index is -0.274. The Kier molecular flexibility index (Phi) is 7.59. The molecule has 0 aliphatic heterocycles. The molecule has 0 saturated heterocycles. The highest BCUT2D eigenvalue weighted by molar-refractivity contribution is 5.92. The molecule has 1 heterocycles. The molecule has 3 aromatic carbocycles. The number of carbonyl (C=O) groups excluding carboxylic acids is 1. The quantitative estimate of drug-likeness (QED) is 0.369. The van der Waals surface area contributed by atoms with Gasteiger partial charge in [0.25, 0.3) is 5.56 Å². The first-order valence-electron chi connectivity index (χ1n) is 11.7. The van der Waals surface area contributed by atoms with Crippen LogP contribution in [0.15, 0.2) is 71.5 Å². The van der Waals surface area contributed by atoms with Crippen LogP contribution in [-0.2, 0) is 24.2 Å². The summed E-state index contributed by atoms with van der Waals surface area (Å²) in [5.41, 5.74) is 3.83. The van der Waals surface area contributed by atoms with E-state index in [0.717, 1.165) is 16.5 Å². The first kappa shape index (κ1) is 24.9. The average Bonchev–Trinajstić information content (AvgIpc) is 2.88. The lowest BCUT2D eigenvalue weighted by Gasteiger charge is -2.15. The zero-order valence-corrected chi connectivity index (χ0v) is 21.0. The SMILES string of the molecule is COc1ccc2cc(CCc3ccc(OC)c(OC)c3)c(=O)n(CC(=O)Nc3cccc(C)c3)c2c1. The summed E-state index contributed by atoms with van der Waals surface area (Å²) >= 11 is 0. The van der Waals surface area contributed by atoms with Gasteiger partial charge in [-0.25, -0.2) is 0 Å². The highest BCUT2D eigenvalue weighted by Gasteiger charge is 2.15. The number of nitrogens with zero attached hydrogens (tertiary/aromatic N) is 1. The molecule has 1 amide bonds. The summed E-state index contributed by atoms with van der Waals surface area (Å²) in [5.74, 6) is 1.64. The van der Waals surface area contributed by atoms with Crippen LogP contribution in [0.4, 0.5) is 5.69 Å². The van der Waals surface area contributed by atoms with Crippen molar-refractivity contribution >= 4 is 22.5 Å². The molecule has 0 fully saturated rings. The molecule has 1 aromatic heterocycles. The van der Waals surface area contributed by atoms with E-state index in [1.54, 1.807) is 27.4 Å². The van der Waals surface area contributed by atoms with Gasteiger partial charge in [0.05, 0.1) is 26.8 Å². The van der Waals surface area contributed by atoms with Gasteiger partial charge in [-0.3, -0.25) is 14.2 Å². The largest absolute Gasteiger partial charge is 0.497 e. The summed E-state index contributed by atoms with van der Waals surface area (Å²) in [6, 6.07) is 20.7. The number of rotatable bonds is 9. The highest BCUT2D eigenvalue weighted by atomic mass is 16.5. The summed E-state index contributed by atoms with van der Waals surface area (Å²) in [5, 5.41) is 3.76. The summed E-state index contributed by atoms with van der Waals surface area (Å²) in [6.07, 6.45) is 1.14. The third-order valence-corrected chi connectivity index (χ3v) is 6.11. The molecule has 0 bridgehead atoms. The van der Waals surface area contributed by atoms with E-state index in [4.69, 9.17) is 14.2 Å². The number of aromatic nitrogens is 1. The van der Waals surface area contributed by atoms with Crippen molar-refractivity contribution in [2.75, 3.05) is 26.6 Å². The summed E-state index contributed by atoms with van der Waals surface area (Å²) in [7, 11) is 4.77. The first-order valence-corrected chi connectivity index (χ1v) is 11.7. The third kappa shape index (κ3) is 5.51. The number of hydrogen-bond donors (Lipinski definition) is 1. The van der Waals surface area contributed by atoms with E-state index in [9.17, 15) is 9.59 Å². The molecule has 0 unspecified atom stereocenters. The van der Waals surface area contributed by atoms with Crippen LogP contribution in [0, 0.1) is 6.92 Å². The van der Waals surface area contributed by atoms with Gasteiger partial charge in [-0.15, -0.1) is 0 Å². The van der Waals surface area contributed by atoms with E-state index in [0.29, 0.717) is 46.9 Å². The van der Waals surface area contributed by atoms with Crippen LogP contribution in [0.1, 0.15) is 16.7 Å². The fraction of sp³-hybridized carbons (Fsp3) is 0.241. The van der Waals surface area contributed by atoms with E-state index >= 15 is 0 Å². The van der Waals surface area contributed by atoms with Gasteiger partial charge in [0.15, 0.2) is 11.5 Å². The van der Waals surface area contributed by atoms with Crippen LogP contribution in [0.2, 0.25) is 0 Å². The van der Waals surface area contributed by atoms with Crippen molar-refractivity contribution in [3.63, 3.8) is 0 Å². The first-order chi connectivity index (χ1) is 17.4. The molecule has 0 atom stereocenters. The van der Waals surface area contributed by atoms with Gasteiger partial charge in [0.2, 0.25) is 5.91 Å². The Morgan fingerprint density at radius 2 is 1.67 bits per heavy atom. The Morgan fingerprint density at radius 3 is 2.39 bits per heavy atom. The smallest absolute Gasteiger partial charge is 0.254 e. The van der Waals surface area contributed by atoms with Gasteiger partial charge in [0.1, 0.15) is 12.3 Å². The predicted octanol–water partition coefficient (Wildman–Crippen LogP) is 4.76. The van der Waals surface area contributed by atoms with Crippen LogP contribution in [0.25, 0.3) is 10.9 Å². The van der Waals surface area contributed by atoms with Gasteiger partial charge in [-0.1, -0.05) is 18.2 Å². The average molecular weight is 487 g/mol. The molecule has 7 heteroatoms. The van der Waals surface area contributed by atoms with Gasteiger partial charge in [-0.05, 0) is 78.7 Å². The summed E-state index contributed by atoms with van der Waals surface area (Å²) in [4.78, 5) is 26.5. The Hall–Kier alpha value is -4.26. The van der Waals surface area contributed by atoms with E-state index in [-0.39, 0.29) is 18.0 Å². The van der Waals surface area contributed by atoms with Crippen LogP contribution >= 0.6 is 0 Å². The third-order valence-electron chi connectivity index (χ3n) is 6.11. The molecule has 7 nitrogen and oxygen atoms in total. The molecular formula is C29H30N2O5. The topological polar surface area (TPSA) is 78.8 Å². The molecule has 0 spiro atoms. The Labute approximate surface area is 210 Å². The van der Waals surface area contributed by atoms with E-state index < -0.39 is 0 Å². The van der Waals surface area contributed by atoms with Crippen molar-refractivity contribution in [1.82, 2.24) is 4.57 Å². The molecular weight excluding hydrogens is 456 g/mol. The lowest BCUT2D eigenvalue weighted by Crippen LogP contribution is -2.30. The molecule has 36 heavy (non-hydrogen) atoms. The van der Waals surface area contributed by atoms with E-state index in [1.807, 2.05) is 67.6 Å². The number of fused-ring (bicyclic) bond motifs is 1. The number of pyridine rings is 1. The number of aryl methyl sites for hydroxylation is 3. The number of methoxy groups -OCH3 is 3. The number of anilines is 1. The highest BCUT2D eigenvalue weighted by Crippen LogP contribution is 2.28. The normalized spacial score (nSPS) is 10.8. The molecule has 1 N–H and O–H groups in total. The van der Waals surface area contributed by atoms with Crippen LogP contribution in [0.3, 0.4) is 0 Å². The maximum absolute atomic E-state index is 13.6. The van der Waals surface area contributed by atoms with Crippen LogP contribution < -0.4 is 25.1 Å². The Bertz CT molecular complexity index is 1460. The lowest BCUT2D eigenvalue weighted by atomic mass is 10.0. The minimum Gasteiger partial charge on any atom is -0.497 e. The zero-order chi connectivity index (χ0) is 25.7. The number of nitrogens with one attached hydrogen (secondary N) is 1. The number of benzene rings is 3. The van der Waals surface area contributed by atoms with Gasteiger partial charge < -0.3 is 19.5 Å². The van der Waals surface area contributed by atoms with Crippen molar-refractivity contribution in [1.29, 1.82) is 0 Å². The second-order valence-corrected chi connectivity index (χ2v) is 8.59. The number of hydrogen-bond acceptors (Lipinski definition) is 5. The molecule has 4 aromatic rings. The van der Waals surface area contributed by atoms with E-state index in [2.05, 4.69) is 5.32 Å². The van der Waals surface area contributed by atoms with Crippen molar-refractivity contribution in [2.45, 2.75) is 26.3 Å². The standard InChI is InChI=1S/C29H30N2O5/c1-19-6-5-7-23(14-19)30-28(32)18-31-25-17-24(34-2)12-11-21(25)16-22(29(31)33)10-8-20-9-13-26(35-3)27(15-20)36-4/h5-7,9,11-17H,8,10,18H2,1-4H3,(H,30,32). The zero-order valence-electron chi connectivity index (χ0n) is 21.0. The van der Waals surface area contributed by atoms with Crippen LogP contribution in [0.5, 0.6) is 17.2 Å². The van der Waals surface area contributed by atoms with Gasteiger partial charge in [0, 0.05) is 17.3 Å². The van der Waals surface area contributed by atoms with Crippen LogP contribution in [-0.4, -0.2) is 31.8 Å². The molecule has 0 aliphatic rings. The monoisotopic (exact) mass is 486 g/mol.